The zero-order valence-corrected chi connectivity index (χ0v) is 11.6. The highest BCUT2D eigenvalue weighted by Gasteiger charge is 2.03. The molecule has 0 aliphatic heterocycles. The van der Waals surface area contributed by atoms with Crippen LogP contribution in [0.15, 0.2) is 64.5 Å². The molecule has 0 fully saturated rings. The van der Waals surface area contributed by atoms with Crippen molar-refractivity contribution < 1.29 is 0 Å². The Morgan fingerprint density at radius 3 is 2.47 bits per heavy atom. The highest BCUT2D eigenvalue weighted by atomic mass is 32.2. The van der Waals surface area contributed by atoms with Gasteiger partial charge >= 0.3 is 0 Å². The van der Waals surface area contributed by atoms with E-state index in [2.05, 4.69) is 53.5 Å². The lowest BCUT2D eigenvalue weighted by atomic mass is 10.1. The van der Waals surface area contributed by atoms with Gasteiger partial charge in [0.15, 0.2) is 0 Å². The second-order valence-corrected chi connectivity index (χ2v) is 5.80. The van der Waals surface area contributed by atoms with E-state index in [0.717, 1.165) is 5.03 Å². The fraction of sp³-hybridized carbons (Fsp3) is 0.125. The number of fused-ring (bicyclic) bond motifs is 1. The molecule has 96 valence electrons. The van der Waals surface area contributed by atoms with Crippen LogP contribution >= 0.6 is 11.8 Å². The van der Waals surface area contributed by atoms with Crippen molar-refractivity contribution in [2.24, 2.45) is 5.73 Å². The maximum absolute atomic E-state index is 5.85. The number of H-pyrrole nitrogens is 1. The number of rotatable bonds is 3. The van der Waals surface area contributed by atoms with Crippen molar-refractivity contribution >= 4 is 22.7 Å². The van der Waals surface area contributed by atoms with Gasteiger partial charge in [0, 0.05) is 21.8 Å². The molecule has 0 unspecified atom stereocenters. The van der Waals surface area contributed by atoms with Gasteiger partial charge in [0.05, 0.1) is 5.03 Å². The zero-order valence-electron chi connectivity index (χ0n) is 10.8. The summed E-state index contributed by atoms with van der Waals surface area (Å²) in [6, 6.07) is 19.0. The summed E-state index contributed by atoms with van der Waals surface area (Å²) in [5.74, 6) is 0. The van der Waals surface area contributed by atoms with Crippen LogP contribution in [0.1, 0.15) is 18.5 Å². The second-order valence-electron chi connectivity index (χ2n) is 4.68. The van der Waals surface area contributed by atoms with Gasteiger partial charge in [-0.1, -0.05) is 42.1 Å². The lowest BCUT2D eigenvalue weighted by Gasteiger charge is -2.06. The number of para-hydroxylation sites is 1. The van der Waals surface area contributed by atoms with Crippen molar-refractivity contribution in [3.05, 3.63) is 60.2 Å². The minimum absolute atomic E-state index is 0.0899. The summed E-state index contributed by atoms with van der Waals surface area (Å²) in [7, 11) is 0. The van der Waals surface area contributed by atoms with Crippen LogP contribution in [0.25, 0.3) is 10.9 Å². The molecule has 0 saturated carbocycles. The molecule has 3 aromatic rings. The van der Waals surface area contributed by atoms with Crippen LogP contribution in [0, 0.1) is 0 Å². The maximum Gasteiger partial charge on any atom is 0.0780 e. The van der Waals surface area contributed by atoms with E-state index >= 15 is 0 Å². The topological polar surface area (TPSA) is 41.8 Å². The molecule has 0 bridgehead atoms. The number of nitrogens with one attached hydrogen (secondary N) is 1. The summed E-state index contributed by atoms with van der Waals surface area (Å²) in [4.78, 5) is 4.64. The Labute approximate surface area is 117 Å². The molecule has 3 N–H and O–H groups in total. The normalized spacial score (nSPS) is 12.7. The van der Waals surface area contributed by atoms with E-state index in [1.54, 1.807) is 11.8 Å². The molecule has 0 saturated heterocycles. The standard InChI is InChI=1S/C16H16N2S/c1-11(17)12-6-8-14(9-7-12)19-16-10-13-4-2-3-5-15(13)18-16/h2-11,18H,17H2,1H3/t11-/m0/s1. The molecule has 2 nitrogen and oxygen atoms in total. The van der Waals surface area contributed by atoms with Crippen molar-refractivity contribution in [3.8, 4) is 0 Å². The molecule has 0 radical (unpaired) electrons. The van der Waals surface area contributed by atoms with Crippen LogP contribution in [0.3, 0.4) is 0 Å². The van der Waals surface area contributed by atoms with Crippen molar-refractivity contribution in [3.63, 3.8) is 0 Å². The average molecular weight is 268 g/mol. The third kappa shape index (κ3) is 2.67. The number of nitrogens with two attached hydrogens (primary N) is 1. The van der Waals surface area contributed by atoms with E-state index in [0.29, 0.717) is 0 Å². The first-order chi connectivity index (χ1) is 9.22. The van der Waals surface area contributed by atoms with Gasteiger partial charge in [0.2, 0.25) is 0 Å². The fourth-order valence-corrected chi connectivity index (χ4v) is 2.94. The molecule has 2 aromatic carbocycles. The van der Waals surface area contributed by atoms with E-state index < -0.39 is 0 Å². The summed E-state index contributed by atoms with van der Waals surface area (Å²) in [6.07, 6.45) is 0. The van der Waals surface area contributed by atoms with E-state index in [9.17, 15) is 0 Å². The Morgan fingerprint density at radius 1 is 1.05 bits per heavy atom. The van der Waals surface area contributed by atoms with Crippen LogP contribution in [-0.4, -0.2) is 4.98 Å². The minimum atomic E-state index is 0.0899. The third-order valence-corrected chi connectivity index (χ3v) is 4.09. The summed E-state index contributed by atoms with van der Waals surface area (Å²) >= 11 is 1.74. The van der Waals surface area contributed by atoms with Crippen molar-refractivity contribution in [1.82, 2.24) is 4.98 Å². The molecule has 0 aliphatic rings. The second kappa shape index (κ2) is 5.11. The molecule has 1 aromatic heterocycles. The number of hydrogen-bond acceptors (Lipinski definition) is 2. The van der Waals surface area contributed by atoms with E-state index in [-0.39, 0.29) is 6.04 Å². The first kappa shape index (κ1) is 12.3. The van der Waals surface area contributed by atoms with E-state index in [1.165, 1.54) is 21.4 Å². The molecule has 1 heterocycles. The SMILES string of the molecule is C[C@H](N)c1ccc(Sc2cc3ccccc3[nH]2)cc1. The quantitative estimate of drug-likeness (QED) is 0.742. The highest BCUT2D eigenvalue weighted by molar-refractivity contribution is 7.99. The molecule has 3 heteroatoms. The minimum Gasteiger partial charge on any atom is -0.349 e. The molecular weight excluding hydrogens is 252 g/mol. The maximum atomic E-state index is 5.85. The zero-order chi connectivity index (χ0) is 13.2. The summed E-state index contributed by atoms with van der Waals surface area (Å²) in [5, 5.41) is 2.41. The number of aromatic nitrogens is 1. The van der Waals surface area contributed by atoms with E-state index in [1.807, 2.05) is 13.0 Å². The van der Waals surface area contributed by atoms with Crippen molar-refractivity contribution in [2.75, 3.05) is 0 Å². The molecule has 1 atom stereocenters. The average Bonchev–Trinajstić information content (AvgIpc) is 2.81. The van der Waals surface area contributed by atoms with Crippen LogP contribution < -0.4 is 5.73 Å². The first-order valence-corrected chi connectivity index (χ1v) is 7.15. The van der Waals surface area contributed by atoms with Gasteiger partial charge in [0.1, 0.15) is 0 Å². The molecule has 3 rings (SSSR count). The highest BCUT2D eigenvalue weighted by Crippen LogP contribution is 2.30. The summed E-state index contributed by atoms with van der Waals surface area (Å²) < 4.78 is 0. The summed E-state index contributed by atoms with van der Waals surface area (Å²) in [6.45, 7) is 2.00. The Kier molecular flexibility index (Phi) is 3.32. The Bertz CT molecular complexity index is 650. The Morgan fingerprint density at radius 2 is 1.79 bits per heavy atom. The molecular formula is C16H16N2S. The van der Waals surface area contributed by atoms with Crippen molar-refractivity contribution in [1.29, 1.82) is 0 Å². The first-order valence-electron chi connectivity index (χ1n) is 6.33. The monoisotopic (exact) mass is 268 g/mol. The molecule has 0 amide bonds. The number of benzene rings is 2. The van der Waals surface area contributed by atoms with Gasteiger partial charge in [-0.15, -0.1) is 0 Å². The number of aromatic amines is 1. The van der Waals surface area contributed by atoms with Gasteiger partial charge in [-0.05, 0) is 36.8 Å². The summed E-state index contributed by atoms with van der Waals surface area (Å²) in [5.41, 5.74) is 8.20. The Hall–Kier alpha value is -1.71. The van der Waals surface area contributed by atoms with Gasteiger partial charge in [-0.25, -0.2) is 0 Å². The smallest absolute Gasteiger partial charge is 0.0780 e. The van der Waals surface area contributed by atoms with Gasteiger partial charge in [0.25, 0.3) is 0 Å². The van der Waals surface area contributed by atoms with Crippen molar-refractivity contribution in [2.45, 2.75) is 22.9 Å². The van der Waals surface area contributed by atoms with Crippen LogP contribution in [0.4, 0.5) is 0 Å². The molecule has 0 aliphatic carbocycles. The van der Waals surface area contributed by atoms with Crippen LogP contribution in [0.5, 0.6) is 0 Å². The molecule has 19 heavy (non-hydrogen) atoms. The Balaban J connectivity index is 1.84. The third-order valence-electron chi connectivity index (χ3n) is 3.14. The van der Waals surface area contributed by atoms with Crippen LogP contribution in [0.2, 0.25) is 0 Å². The van der Waals surface area contributed by atoms with E-state index in [4.69, 9.17) is 5.73 Å². The van der Waals surface area contributed by atoms with Gasteiger partial charge in [-0.3, -0.25) is 0 Å². The number of hydrogen-bond donors (Lipinski definition) is 2. The fourth-order valence-electron chi connectivity index (χ4n) is 2.07. The van der Waals surface area contributed by atoms with Gasteiger partial charge in [-0.2, -0.15) is 0 Å². The largest absolute Gasteiger partial charge is 0.349 e. The molecule has 0 spiro atoms. The predicted molar refractivity (Wildman–Crippen MR) is 81.5 cm³/mol. The lowest BCUT2D eigenvalue weighted by Crippen LogP contribution is -2.04. The van der Waals surface area contributed by atoms with Crippen LogP contribution in [-0.2, 0) is 0 Å². The van der Waals surface area contributed by atoms with Gasteiger partial charge < -0.3 is 10.7 Å². The lowest BCUT2D eigenvalue weighted by molar-refractivity contribution is 0.817. The predicted octanol–water partition coefficient (Wildman–Crippen LogP) is 4.34.